The first-order valence-electron chi connectivity index (χ1n) is 9.12. The van der Waals surface area contributed by atoms with E-state index in [0.717, 1.165) is 10.0 Å². The minimum atomic E-state index is -0.261. The molecule has 0 saturated heterocycles. The molecular weight excluding hydrogens is 491 g/mol. The van der Waals surface area contributed by atoms with Crippen LogP contribution in [-0.2, 0) is 4.79 Å². The van der Waals surface area contributed by atoms with Crippen LogP contribution < -0.4 is 14.5 Å². The van der Waals surface area contributed by atoms with E-state index < -0.39 is 0 Å². The Hall–Kier alpha value is -2.28. The highest BCUT2D eigenvalue weighted by Gasteiger charge is 2.29. The van der Waals surface area contributed by atoms with Crippen LogP contribution in [0.3, 0.4) is 0 Å². The third kappa shape index (κ3) is 4.72. The van der Waals surface area contributed by atoms with Gasteiger partial charge >= 0.3 is 0 Å². The molecule has 0 aliphatic carbocycles. The van der Waals surface area contributed by atoms with E-state index in [1.165, 1.54) is 5.01 Å². The molecule has 0 saturated carbocycles. The lowest BCUT2D eigenvalue weighted by atomic mass is 10.1. The number of benzene rings is 2. The molecule has 0 fully saturated rings. The summed E-state index contributed by atoms with van der Waals surface area (Å²) in [5.41, 5.74) is 2.35. The lowest BCUT2D eigenvalue weighted by Crippen LogP contribution is -2.21. The number of anilines is 1. The summed E-state index contributed by atoms with van der Waals surface area (Å²) in [6.07, 6.45) is 3.43. The summed E-state index contributed by atoms with van der Waals surface area (Å²) in [5.74, 6) is 0.907. The van der Waals surface area contributed by atoms with Crippen molar-refractivity contribution in [1.82, 2.24) is 0 Å². The number of hydrogen-bond acceptors (Lipinski definition) is 4. The van der Waals surface area contributed by atoms with Crippen LogP contribution in [0.1, 0.15) is 19.4 Å². The molecule has 1 aliphatic heterocycles. The van der Waals surface area contributed by atoms with Crippen LogP contribution in [0.4, 0.5) is 5.69 Å². The predicted molar refractivity (Wildman–Crippen MR) is 126 cm³/mol. The van der Waals surface area contributed by atoms with Crippen LogP contribution in [0, 0.1) is 0 Å². The molecule has 1 heterocycles. The van der Waals surface area contributed by atoms with Crippen molar-refractivity contribution in [2.45, 2.75) is 13.8 Å². The fourth-order valence-corrected chi connectivity index (χ4v) is 3.55. The molecule has 156 valence electrons. The number of amides is 1. The highest BCUT2D eigenvalue weighted by atomic mass is 79.9. The average Bonchev–Trinajstić information content (AvgIpc) is 2.99. The molecule has 2 aromatic rings. The van der Waals surface area contributed by atoms with Gasteiger partial charge in [0.05, 0.1) is 33.6 Å². The smallest absolute Gasteiger partial charge is 0.280 e. The van der Waals surface area contributed by atoms with Crippen molar-refractivity contribution in [3.8, 4) is 11.5 Å². The monoisotopic (exact) mass is 508 g/mol. The predicted octanol–water partition coefficient (Wildman–Crippen LogP) is 6.53. The van der Waals surface area contributed by atoms with Gasteiger partial charge in [0.15, 0.2) is 11.5 Å². The first-order chi connectivity index (χ1) is 14.3. The minimum Gasteiger partial charge on any atom is -0.490 e. The van der Waals surface area contributed by atoms with Gasteiger partial charge in [0.2, 0.25) is 0 Å². The fraction of sp³-hybridized carbons (Fsp3) is 0.182. The zero-order valence-electron chi connectivity index (χ0n) is 16.4. The Labute approximate surface area is 193 Å². The van der Waals surface area contributed by atoms with Gasteiger partial charge in [-0.1, -0.05) is 51.8 Å². The van der Waals surface area contributed by atoms with E-state index in [0.29, 0.717) is 51.7 Å². The van der Waals surface area contributed by atoms with E-state index >= 15 is 0 Å². The second-order valence-corrected chi connectivity index (χ2v) is 7.98. The molecule has 8 heteroatoms. The highest BCUT2D eigenvalue weighted by Crippen LogP contribution is 2.36. The van der Waals surface area contributed by atoms with Crippen molar-refractivity contribution in [1.29, 1.82) is 0 Å². The van der Waals surface area contributed by atoms with E-state index in [1.54, 1.807) is 37.3 Å². The second-order valence-electron chi connectivity index (χ2n) is 6.31. The van der Waals surface area contributed by atoms with Crippen LogP contribution in [0.25, 0.3) is 6.08 Å². The van der Waals surface area contributed by atoms with Crippen molar-refractivity contribution >= 4 is 62.5 Å². The average molecular weight is 510 g/mol. The molecule has 2 aromatic carbocycles. The van der Waals surface area contributed by atoms with Crippen molar-refractivity contribution in [2.24, 2.45) is 5.10 Å². The van der Waals surface area contributed by atoms with Crippen molar-refractivity contribution in [3.63, 3.8) is 0 Å². The van der Waals surface area contributed by atoms with E-state index in [1.807, 2.05) is 19.1 Å². The van der Waals surface area contributed by atoms with Crippen molar-refractivity contribution in [3.05, 3.63) is 68.6 Å². The second kappa shape index (κ2) is 9.69. The number of nitrogens with zero attached hydrogens (tertiary/aromatic N) is 2. The zero-order chi connectivity index (χ0) is 21.8. The van der Waals surface area contributed by atoms with Gasteiger partial charge in [-0.3, -0.25) is 4.79 Å². The van der Waals surface area contributed by atoms with Crippen LogP contribution >= 0.6 is 39.1 Å². The van der Waals surface area contributed by atoms with E-state index in [4.69, 9.17) is 32.7 Å². The maximum atomic E-state index is 13.0. The summed E-state index contributed by atoms with van der Waals surface area (Å²) in [6.45, 7) is 8.17. The topological polar surface area (TPSA) is 51.1 Å². The number of carbonyl (C=O) groups excluding carboxylic acids is 1. The lowest BCUT2D eigenvalue weighted by Gasteiger charge is -2.14. The Morgan fingerprint density at radius 1 is 1.17 bits per heavy atom. The molecule has 1 aliphatic rings. The molecule has 0 bridgehead atoms. The maximum absolute atomic E-state index is 13.0. The molecule has 3 rings (SSSR count). The van der Waals surface area contributed by atoms with Crippen molar-refractivity contribution < 1.29 is 14.3 Å². The van der Waals surface area contributed by atoms with E-state index in [-0.39, 0.29) is 5.91 Å². The number of ether oxygens (including phenoxy) is 2. The quantitative estimate of drug-likeness (QED) is 0.315. The number of hydrazone groups is 1. The third-order valence-electron chi connectivity index (χ3n) is 4.23. The summed E-state index contributed by atoms with van der Waals surface area (Å²) in [4.78, 5) is 13.0. The molecule has 0 spiro atoms. The minimum absolute atomic E-state index is 0.261. The maximum Gasteiger partial charge on any atom is 0.280 e. The highest BCUT2D eigenvalue weighted by molar-refractivity contribution is 9.10. The van der Waals surface area contributed by atoms with Gasteiger partial charge in [-0.2, -0.15) is 10.1 Å². The molecule has 0 aromatic heterocycles. The summed E-state index contributed by atoms with van der Waals surface area (Å²) in [7, 11) is 0. The third-order valence-corrected chi connectivity index (χ3v) is 5.66. The summed E-state index contributed by atoms with van der Waals surface area (Å²) in [6, 6.07) is 8.56. The molecule has 0 atom stereocenters. The Morgan fingerprint density at radius 3 is 2.57 bits per heavy atom. The number of carbonyl (C=O) groups is 1. The Morgan fingerprint density at radius 2 is 1.90 bits per heavy atom. The fourth-order valence-electron chi connectivity index (χ4n) is 2.82. The molecule has 0 N–H and O–H groups in total. The van der Waals surface area contributed by atoms with Gasteiger partial charge in [-0.05, 0) is 55.8 Å². The summed E-state index contributed by atoms with van der Waals surface area (Å²) < 4.78 is 12.1. The van der Waals surface area contributed by atoms with Crippen molar-refractivity contribution in [2.75, 3.05) is 18.2 Å². The molecule has 5 nitrogen and oxygen atoms in total. The Bertz CT molecular complexity index is 1070. The molecule has 0 radical (unpaired) electrons. The molecule has 0 unspecified atom stereocenters. The van der Waals surface area contributed by atoms with Gasteiger partial charge in [-0.15, -0.1) is 0 Å². The lowest BCUT2D eigenvalue weighted by molar-refractivity contribution is -0.114. The largest absolute Gasteiger partial charge is 0.490 e. The first kappa shape index (κ1) is 22.4. The normalized spacial score (nSPS) is 14.8. The molecule has 1 amide bonds. The van der Waals surface area contributed by atoms with Gasteiger partial charge in [0, 0.05) is 4.47 Å². The molecular formula is C22H19BrCl2N2O3. The van der Waals surface area contributed by atoms with Crippen LogP contribution in [-0.4, -0.2) is 24.8 Å². The zero-order valence-corrected chi connectivity index (χ0v) is 19.5. The van der Waals surface area contributed by atoms with Crippen LogP contribution in [0.5, 0.6) is 11.5 Å². The van der Waals surface area contributed by atoms with Gasteiger partial charge in [-0.25, -0.2) is 0 Å². The van der Waals surface area contributed by atoms with E-state index in [2.05, 4.69) is 27.6 Å². The van der Waals surface area contributed by atoms with Crippen LogP contribution in [0.15, 0.2) is 58.1 Å². The standard InChI is InChI=1S/C22H19BrCl2N2O3/c1-4-8-30-21-12-17(23)14(10-20(21)29-5-2)9-16-13(3)26-27(22(16)28)15-6-7-18(24)19(25)11-15/h4,6-7,9-12H,1,5,8H2,2-3H3/b16-9-. The van der Waals surface area contributed by atoms with E-state index in [9.17, 15) is 4.79 Å². The number of rotatable bonds is 7. The van der Waals surface area contributed by atoms with Gasteiger partial charge in [0.1, 0.15) is 6.61 Å². The summed E-state index contributed by atoms with van der Waals surface area (Å²) >= 11 is 15.6. The Kier molecular flexibility index (Phi) is 7.23. The number of hydrogen-bond donors (Lipinski definition) is 0. The van der Waals surface area contributed by atoms with Gasteiger partial charge < -0.3 is 9.47 Å². The van der Waals surface area contributed by atoms with Gasteiger partial charge in [0.25, 0.3) is 5.91 Å². The summed E-state index contributed by atoms with van der Waals surface area (Å²) in [5, 5.41) is 6.46. The molecule has 30 heavy (non-hydrogen) atoms. The van der Waals surface area contributed by atoms with Crippen LogP contribution in [0.2, 0.25) is 10.0 Å². The number of halogens is 3. The Balaban J connectivity index is 1.97. The first-order valence-corrected chi connectivity index (χ1v) is 10.7. The SMILES string of the molecule is C=CCOc1cc(Br)c(/C=C2\C(=O)N(c3ccc(Cl)c(Cl)c3)N=C2C)cc1OCC.